The quantitative estimate of drug-likeness (QED) is 0.116. The highest BCUT2D eigenvalue weighted by Crippen LogP contribution is 2.30. The molecule has 0 N–H and O–H groups in total. The third kappa shape index (κ3) is 5.19. The molecule has 0 fully saturated rings. The number of carbonyl (C=O) groups excluding carboxylic acids is 3. The molecule has 2 heterocycles. The zero-order chi connectivity index (χ0) is 26.5. The standard InChI is InChI=1S/C29H28N4O4S/c1-2-37-25(34)19-38-29-31-30-24(33(29)21-13-5-3-6-14-21)17-7-4-8-18-32-27(35)22-15-9-11-20-12-10-16-23(26(20)22)28(32)36/h3,5-6,9-16H,2,4,7-8,17-19H2,1H3. The van der Waals surface area contributed by atoms with E-state index in [1.165, 1.54) is 16.7 Å². The van der Waals surface area contributed by atoms with Gasteiger partial charge in [-0.1, -0.05) is 60.6 Å². The van der Waals surface area contributed by atoms with E-state index in [2.05, 4.69) is 10.2 Å². The van der Waals surface area contributed by atoms with Crippen LogP contribution in [0.1, 0.15) is 52.7 Å². The van der Waals surface area contributed by atoms with Crippen LogP contribution in [0.15, 0.2) is 71.9 Å². The number of hydrogen-bond donors (Lipinski definition) is 0. The van der Waals surface area contributed by atoms with Crippen LogP contribution in [0.2, 0.25) is 0 Å². The van der Waals surface area contributed by atoms with Gasteiger partial charge in [-0.15, -0.1) is 10.2 Å². The Labute approximate surface area is 225 Å². The number of imide groups is 1. The summed E-state index contributed by atoms with van der Waals surface area (Å²) in [6, 6.07) is 20.9. The van der Waals surface area contributed by atoms with E-state index in [9.17, 15) is 14.4 Å². The molecular weight excluding hydrogens is 500 g/mol. The molecule has 0 atom stereocenters. The Hall–Kier alpha value is -3.98. The first-order chi connectivity index (χ1) is 18.6. The van der Waals surface area contributed by atoms with Crippen molar-refractivity contribution < 1.29 is 19.1 Å². The van der Waals surface area contributed by atoms with Crippen molar-refractivity contribution in [1.82, 2.24) is 19.7 Å². The maximum absolute atomic E-state index is 13.1. The molecule has 4 aromatic rings. The lowest BCUT2D eigenvalue weighted by molar-refractivity contribution is -0.139. The SMILES string of the molecule is CCOC(=O)CSc1nnc(CCCCCN2C(=O)c3cccc4cccc(c34)C2=O)n1-c1ccccc1. The maximum Gasteiger partial charge on any atom is 0.316 e. The zero-order valence-corrected chi connectivity index (χ0v) is 21.9. The second-order valence-electron chi connectivity index (χ2n) is 8.95. The van der Waals surface area contributed by atoms with Gasteiger partial charge in [-0.05, 0) is 49.4 Å². The number of esters is 1. The molecule has 0 spiro atoms. The third-order valence-electron chi connectivity index (χ3n) is 6.48. The van der Waals surface area contributed by atoms with Gasteiger partial charge in [-0.25, -0.2) is 0 Å². The smallest absolute Gasteiger partial charge is 0.316 e. The summed E-state index contributed by atoms with van der Waals surface area (Å²) in [5, 5.41) is 11.0. The molecular formula is C29H28N4O4S. The van der Waals surface area contributed by atoms with Crippen molar-refractivity contribution in [3.8, 4) is 5.69 Å². The minimum Gasteiger partial charge on any atom is -0.465 e. The van der Waals surface area contributed by atoms with Crippen LogP contribution in [0.25, 0.3) is 16.5 Å². The molecule has 0 aliphatic carbocycles. The topological polar surface area (TPSA) is 94.4 Å². The number of amides is 2. The Morgan fingerprint density at radius 1 is 0.868 bits per heavy atom. The fourth-order valence-corrected chi connectivity index (χ4v) is 5.50. The first-order valence-electron chi connectivity index (χ1n) is 12.7. The van der Waals surface area contributed by atoms with Gasteiger partial charge in [0.1, 0.15) is 5.82 Å². The first-order valence-corrected chi connectivity index (χ1v) is 13.7. The monoisotopic (exact) mass is 528 g/mol. The van der Waals surface area contributed by atoms with Crippen LogP contribution in [0, 0.1) is 0 Å². The molecule has 8 nitrogen and oxygen atoms in total. The maximum atomic E-state index is 13.1. The van der Waals surface area contributed by atoms with E-state index in [0.29, 0.717) is 42.3 Å². The van der Waals surface area contributed by atoms with Crippen molar-refractivity contribution in [2.24, 2.45) is 0 Å². The second-order valence-corrected chi connectivity index (χ2v) is 9.89. The van der Waals surface area contributed by atoms with E-state index in [0.717, 1.165) is 35.1 Å². The Kier molecular flexibility index (Phi) is 7.83. The average molecular weight is 529 g/mol. The molecule has 194 valence electrons. The Morgan fingerprint density at radius 2 is 1.58 bits per heavy atom. The van der Waals surface area contributed by atoms with Crippen LogP contribution in [0.4, 0.5) is 0 Å². The highest BCUT2D eigenvalue weighted by atomic mass is 32.2. The van der Waals surface area contributed by atoms with Gasteiger partial charge < -0.3 is 4.74 Å². The molecule has 1 aliphatic rings. The van der Waals surface area contributed by atoms with Gasteiger partial charge in [0.05, 0.1) is 12.4 Å². The van der Waals surface area contributed by atoms with E-state index < -0.39 is 0 Å². The van der Waals surface area contributed by atoms with E-state index in [4.69, 9.17) is 4.74 Å². The van der Waals surface area contributed by atoms with Crippen molar-refractivity contribution in [1.29, 1.82) is 0 Å². The molecule has 9 heteroatoms. The number of unbranched alkanes of at least 4 members (excludes halogenated alkanes) is 2. The number of para-hydroxylation sites is 1. The predicted molar refractivity (Wildman–Crippen MR) is 146 cm³/mol. The van der Waals surface area contributed by atoms with Gasteiger partial charge in [-0.3, -0.25) is 23.9 Å². The molecule has 0 radical (unpaired) electrons. The summed E-state index contributed by atoms with van der Waals surface area (Å²) < 4.78 is 7.01. The lowest BCUT2D eigenvalue weighted by Crippen LogP contribution is -2.40. The summed E-state index contributed by atoms with van der Waals surface area (Å²) in [5.74, 6) is 0.210. The number of thioether (sulfide) groups is 1. The number of aryl methyl sites for hydroxylation is 1. The van der Waals surface area contributed by atoms with Crippen molar-refractivity contribution in [3.63, 3.8) is 0 Å². The number of rotatable bonds is 11. The van der Waals surface area contributed by atoms with Gasteiger partial charge in [-0.2, -0.15) is 0 Å². The van der Waals surface area contributed by atoms with Crippen LogP contribution in [-0.2, 0) is 16.0 Å². The summed E-state index contributed by atoms with van der Waals surface area (Å²) in [6.45, 7) is 2.49. The first kappa shape index (κ1) is 25.7. The molecule has 2 amide bonds. The summed E-state index contributed by atoms with van der Waals surface area (Å²) in [5.41, 5.74) is 2.10. The highest BCUT2D eigenvalue weighted by Gasteiger charge is 2.32. The van der Waals surface area contributed by atoms with Crippen LogP contribution < -0.4 is 0 Å². The van der Waals surface area contributed by atoms with Gasteiger partial charge in [0, 0.05) is 35.2 Å². The van der Waals surface area contributed by atoms with Crippen LogP contribution in [0.5, 0.6) is 0 Å². The Morgan fingerprint density at radius 3 is 2.26 bits per heavy atom. The fraction of sp³-hybridized carbons (Fsp3) is 0.276. The minimum absolute atomic E-state index is 0.160. The van der Waals surface area contributed by atoms with Gasteiger partial charge in [0.2, 0.25) is 0 Å². The number of ether oxygens (including phenoxy) is 1. The van der Waals surface area contributed by atoms with Gasteiger partial charge >= 0.3 is 5.97 Å². The van der Waals surface area contributed by atoms with Crippen LogP contribution in [0.3, 0.4) is 0 Å². The number of hydrogen-bond acceptors (Lipinski definition) is 7. The summed E-state index contributed by atoms with van der Waals surface area (Å²) in [6.07, 6.45) is 3.00. The van der Waals surface area contributed by atoms with E-state index >= 15 is 0 Å². The molecule has 0 bridgehead atoms. The van der Waals surface area contributed by atoms with Crippen molar-refractivity contribution >= 4 is 40.3 Å². The molecule has 38 heavy (non-hydrogen) atoms. The fourth-order valence-electron chi connectivity index (χ4n) is 4.73. The zero-order valence-electron chi connectivity index (χ0n) is 21.1. The number of nitrogens with zero attached hydrogens (tertiary/aromatic N) is 4. The van der Waals surface area contributed by atoms with E-state index in [1.807, 2.05) is 59.2 Å². The minimum atomic E-state index is -0.290. The second kappa shape index (κ2) is 11.6. The summed E-state index contributed by atoms with van der Waals surface area (Å²) in [7, 11) is 0. The van der Waals surface area contributed by atoms with Crippen molar-refractivity contribution in [2.75, 3.05) is 18.9 Å². The largest absolute Gasteiger partial charge is 0.465 e. The third-order valence-corrected chi connectivity index (χ3v) is 7.38. The number of carbonyl (C=O) groups is 3. The van der Waals surface area contributed by atoms with Crippen LogP contribution >= 0.6 is 11.8 Å². The predicted octanol–water partition coefficient (Wildman–Crippen LogP) is 5.08. The molecule has 0 saturated carbocycles. The molecule has 5 rings (SSSR count). The van der Waals surface area contributed by atoms with E-state index in [1.54, 1.807) is 19.1 Å². The average Bonchev–Trinajstić information content (AvgIpc) is 3.35. The molecule has 0 saturated heterocycles. The lowest BCUT2D eigenvalue weighted by Gasteiger charge is -2.27. The molecule has 1 aromatic heterocycles. The Balaban J connectivity index is 1.22. The summed E-state index contributed by atoms with van der Waals surface area (Å²) >= 11 is 1.30. The highest BCUT2D eigenvalue weighted by molar-refractivity contribution is 7.99. The number of benzene rings is 3. The van der Waals surface area contributed by atoms with Crippen LogP contribution in [-0.4, -0.2) is 56.4 Å². The molecule has 0 unspecified atom stereocenters. The van der Waals surface area contributed by atoms with Crippen molar-refractivity contribution in [3.05, 3.63) is 83.7 Å². The normalized spacial score (nSPS) is 12.8. The van der Waals surface area contributed by atoms with Gasteiger partial charge in [0.15, 0.2) is 5.16 Å². The molecule has 3 aromatic carbocycles. The summed E-state index contributed by atoms with van der Waals surface area (Å²) in [4.78, 5) is 39.4. The molecule has 1 aliphatic heterocycles. The Bertz CT molecular complexity index is 1430. The lowest BCUT2D eigenvalue weighted by atomic mass is 9.94. The van der Waals surface area contributed by atoms with Gasteiger partial charge in [0.25, 0.3) is 11.8 Å². The van der Waals surface area contributed by atoms with Crippen molar-refractivity contribution in [2.45, 2.75) is 37.8 Å². The van der Waals surface area contributed by atoms with E-state index in [-0.39, 0.29) is 23.5 Å². The number of aromatic nitrogens is 3.